The fourth-order valence-electron chi connectivity index (χ4n) is 2.34. The van der Waals surface area contributed by atoms with E-state index in [1.807, 2.05) is 19.1 Å². The van der Waals surface area contributed by atoms with Gasteiger partial charge in [-0.25, -0.2) is 13.1 Å². The largest absolute Gasteiger partial charge is 0.316 e. The summed E-state index contributed by atoms with van der Waals surface area (Å²) in [6, 6.07) is 8.17. The summed E-state index contributed by atoms with van der Waals surface area (Å²) in [4.78, 5) is 0. The van der Waals surface area contributed by atoms with Gasteiger partial charge in [0.15, 0.2) is 0 Å². The maximum Gasteiger partial charge on any atom is 0.213 e. The fraction of sp³-hybridized carbons (Fsp3) is 0.538. The summed E-state index contributed by atoms with van der Waals surface area (Å²) in [6.45, 7) is 3.27. The average molecular weight is 268 g/mol. The summed E-state index contributed by atoms with van der Waals surface area (Å²) < 4.78 is 26.5. The molecule has 0 heterocycles. The Morgan fingerprint density at radius 2 is 1.83 bits per heavy atom. The molecule has 0 atom stereocenters. The Labute approximate surface area is 109 Å². The first-order chi connectivity index (χ1) is 8.61. The van der Waals surface area contributed by atoms with Crippen LogP contribution in [0.1, 0.15) is 18.1 Å². The topological polar surface area (TPSA) is 58.2 Å². The molecule has 0 aromatic heterocycles. The summed E-state index contributed by atoms with van der Waals surface area (Å²) in [5, 5.41) is 3.03. The lowest BCUT2D eigenvalue weighted by molar-refractivity contribution is 0.552. The third-order valence-corrected chi connectivity index (χ3v) is 4.63. The Balaban J connectivity index is 1.89. The lowest BCUT2D eigenvalue weighted by Gasteiger charge is -2.12. The van der Waals surface area contributed by atoms with E-state index < -0.39 is 10.0 Å². The Kier molecular flexibility index (Phi) is 4.37. The SMILES string of the molecule is CCNCCS(=O)(=O)NC1Cc2ccccc2C1. The molecule has 0 bridgehead atoms. The number of hydrogen-bond donors (Lipinski definition) is 2. The molecule has 0 spiro atoms. The van der Waals surface area contributed by atoms with Gasteiger partial charge in [-0.15, -0.1) is 0 Å². The van der Waals surface area contributed by atoms with Gasteiger partial charge in [0.2, 0.25) is 10.0 Å². The molecule has 0 radical (unpaired) electrons. The highest BCUT2D eigenvalue weighted by Crippen LogP contribution is 2.21. The van der Waals surface area contributed by atoms with Gasteiger partial charge in [-0.3, -0.25) is 0 Å². The number of nitrogens with one attached hydrogen (secondary N) is 2. The summed E-state index contributed by atoms with van der Waals surface area (Å²) in [5.74, 6) is 0.147. The summed E-state index contributed by atoms with van der Waals surface area (Å²) >= 11 is 0. The van der Waals surface area contributed by atoms with Gasteiger partial charge >= 0.3 is 0 Å². The molecule has 1 aromatic rings. The second kappa shape index (κ2) is 5.82. The van der Waals surface area contributed by atoms with Crippen molar-refractivity contribution >= 4 is 10.0 Å². The van der Waals surface area contributed by atoms with Crippen molar-refractivity contribution in [3.05, 3.63) is 35.4 Å². The van der Waals surface area contributed by atoms with Gasteiger partial charge < -0.3 is 5.32 Å². The van der Waals surface area contributed by atoms with E-state index >= 15 is 0 Å². The van der Waals surface area contributed by atoms with Crippen LogP contribution in [0.4, 0.5) is 0 Å². The van der Waals surface area contributed by atoms with Crippen LogP contribution in [0.15, 0.2) is 24.3 Å². The van der Waals surface area contributed by atoms with Crippen molar-refractivity contribution in [2.24, 2.45) is 0 Å². The van der Waals surface area contributed by atoms with Gasteiger partial charge in [-0.1, -0.05) is 31.2 Å². The van der Waals surface area contributed by atoms with E-state index in [2.05, 4.69) is 22.2 Å². The monoisotopic (exact) mass is 268 g/mol. The Morgan fingerprint density at radius 1 is 1.22 bits per heavy atom. The van der Waals surface area contributed by atoms with E-state index in [-0.39, 0.29) is 11.8 Å². The Hall–Kier alpha value is -0.910. The van der Waals surface area contributed by atoms with Crippen LogP contribution in [-0.2, 0) is 22.9 Å². The molecule has 0 amide bonds. The van der Waals surface area contributed by atoms with Crippen molar-refractivity contribution in [3.8, 4) is 0 Å². The first-order valence-corrected chi connectivity index (χ1v) is 8.03. The van der Waals surface area contributed by atoms with E-state index in [9.17, 15) is 8.42 Å². The smallest absolute Gasteiger partial charge is 0.213 e. The molecule has 1 aliphatic carbocycles. The molecule has 1 aromatic carbocycles. The van der Waals surface area contributed by atoms with Gasteiger partial charge in [0.25, 0.3) is 0 Å². The molecular weight excluding hydrogens is 248 g/mol. The normalized spacial score (nSPS) is 15.8. The highest BCUT2D eigenvalue weighted by Gasteiger charge is 2.24. The fourth-order valence-corrected chi connectivity index (χ4v) is 3.54. The van der Waals surface area contributed by atoms with Crippen molar-refractivity contribution in [1.29, 1.82) is 0 Å². The summed E-state index contributed by atoms with van der Waals surface area (Å²) in [5.41, 5.74) is 2.52. The zero-order valence-corrected chi connectivity index (χ0v) is 11.5. The van der Waals surface area contributed by atoms with E-state index in [0.717, 1.165) is 19.4 Å². The maximum atomic E-state index is 11.9. The molecule has 1 aliphatic rings. The molecule has 18 heavy (non-hydrogen) atoms. The highest BCUT2D eigenvalue weighted by molar-refractivity contribution is 7.89. The predicted molar refractivity (Wildman–Crippen MR) is 73.1 cm³/mol. The zero-order chi connectivity index (χ0) is 13.0. The van der Waals surface area contributed by atoms with Crippen LogP contribution in [0.5, 0.6) is 0 Å². The Bertz CT molecular complexity index is 474. The van der Waals surface area contributed by atoms with Crippen LogP contribution in [0.3, 0.4) is 0 Å². The molecule has 0 unspecified atom stereocenters. The van der Waals surface area contributed by atoms with Crippen molar-refractivity contribution in [2.45, 2.75) is 25.8 Å². The minimum atomic E-state index is -3.17. The minimum Gasteiger partial charge on any atom is -0.316 e. The lowest BCUT2D eigenvalue weighted by atomic mass is 10.1. The van der Waals surface area contributed by atoms with E-state index in [0.29, 0.717) is 6.54 Å². The van der Waals surface area contributed by atoms with Crippen molar-refractivity contribution in [2.75, 3.05) is 18.8 Å². The summed E-state index contributed by atoms with van der Waals surface area (Å²) in [7, 11) is -3.17. The maximum absolute atomic E-state index is 11.9. The standard InChI is InChI=1S/C13H20N2O2S/c1-2-14-7-8-18(16,17)15-13-9-11-5-3-4-6-12(11)10-13/h3-6,13-15H,2,7-10H2,1H3. The van der Waals surface area contributed by atoms with Crippen molar-refractivity contribution in [3.63, 3.8) is 0 Å². The molecule has 100 valence electrons. The number of benzene rings is 1. The quantitative estimate of drug-likeness (QED) is 0.746. The van der Waals surface area contributed by atoms with Crippen LogP contribution in [0.2, 0.25) is 0 Å². The number of sulfonamides is 1. The number of fused-ring (bicyclic) bond motifs is 1. The van der Waals surface area contributed by atoms with E-state index in [1.165, 1.54) is 11.1 Å². The molecule has 0 aliphatic heterocycles. The first kappa shape index (κ1) is 13.5. The van der Waals surface area contributed by atoms with E-state index in [4.69, 9.17) is 0 Å². The zero-order valence-electron chi connectivity index (χ0n) is 10.6. The molecule has 2 rings (SSSR count). The van der Waals surface area contributed by atoms with Crippen LogP contribution in [0.25, 0.3) is 0 Å². The van der Waals surface area contributed by atoms with Gasteiger partial charge in [-0.2, -0.15) is 0 Å². The molecule has 5 heteroatoms. The molecular formula is C13H20N2O2S. The van der Waals surface area contributed by atoms with Crippen molar-refractivity contribution in [1.82, 2.24) is 10.0 Å². The van der Waals surface area contributed by atoms with Crippen molar-refractivity contribution < 1.29 is 8.42 Å². The molecule has 0 saturated carbocycles. The molecule has 4 nitrogen and oxygen atoms in total. The van der Waals surface area contributed by atoms with Gasteiger partial charge in [0, 0.05) is 12.6 Å². The number of hydrogen-bond acceptors (Lipinski definition) is 3. The van der Waals surface area contributed by atoms with Crippen LogP contribution in [-0.4, -0.2) is 33.3 Å². The third kappa shape index (κ3) is 3.54. The van der Waals surface area contributed by atoms with Gasteiger partial charge in [-0.05, 0) is 30.5 Å². The van der Waals surface area contributed by atoms with Gasteiger partial charge in [0.1, 0.15) is 0 Å². The average Bonchev–Trinajstić information content (AvgIpc) is 2.70. The first-order valence-electron chi connectivity index (χ1n) is 6.38. The molecule has 2 N–H and O–H groups in total. The van der Waals surface area contributed by atoms with Crippen LogP contribution >= 0.6 is 0 Å². The van der Waals surface area contributed by atoms with Crippen LogP contribution in [0, 0.1) is 0 Å². The lowest BCUT2D eigenvalue weighted by Crippen LogP contribution is -2.39. The Morgan fingerprint density at radius 3 is 2.39 bits per heavy atom. The molecule has 0 fully saturated rings. The predicted octanol–water partition coefficient (Wildman–Crippen LogP) is 0.683. The molecule has 0 saturated heterocycles. The van der Waals surface area contributed by atoms with Crippen LogP contribution < -0.4 is 10.0 Å². The van der Waals surface area contributed by atoms with E-state index in [1.54, 1.807) is 0 Å². The second-order valence-corrected chi connectivity index (χ2v) is 6.54. The highest BCUT2D eigenvalue weighted by atomic mass is 32.2. The minimum absolute atomic E-state index is 0.0222. The third-order valence-electron chi connectivity index (χ3n) is 3.19. The summed E-state index contributed by atoms with van der Waals surface area (Å²) in [6.07, 6.45) is 1.60. The second-order valence-electron chi connectivity index (χ2n) is 4.66. The van der Waals surface area contributed by atoms with Gasteiger partial charge in [0.05, 0.1) is 5.75 Å². The number of rotatable bonds is 6.